The van der Waals surface area contributed by atoms with E-state index in [1.165, 1.54) is 4.31 Å². The van der Waals surface area contributed by atoms with Crippen LogP contribution in [-0.4, -0.2) is 50.7 Å². The van der Waals surface area contributed by atoms with Crippen molar-refractivity contribution in [1.82, 2.24) is 4.90 Å². The fourth-order valence-electron chi connectivity index (χ4n) is 3.48. The summed E-state index contributed by atoms with van der Waals surface area (Å²) < 4.78 is 25.5. The molecular weight excluding hydrogens is 314 g/mol. The van der Waals surface area contributed by atoms with E-state index in [0.29, 0.717) is 30.8 Å². The van der Waals surface area contributed by atoms with Gasteiger partial charge in [0.1, 0.15) is 0 Å². The van der Waals surface area contributed by atoms with E-state index in [4.69, 9.17) is 5.73 Å². The van der Waals surface area contributed by atoms with Gasteiger partial charge < -0.3 is 10.6 Å². The summed E-state index contributed by atoms with van der Waals surface area (Å²) in [6.45, 7) is 3.58. The van der Waals surface area contributed by atoms with Crippen molar-refractivity contribution in [2.75, 3.05) is 29.7 Å². The van der Waals surface area contributed by atoms with Crippen molar-refractivity contribution in [2.24, 2.45) is 5.73 Å². The predicted molar refractivity (Wildman–Crippen MR) is 90.0 cm³/mol. The molecule has 1 unspecified atom stereocenters. The summed E-state index contributed by atoms with van der Waals surface area (Å²) in [5.74, 6) is 0.185. The van der Waals surface area contributed by atoms with Crippen molar-refractivity contribution in [1.29, 1.82) is 0 Å². The zero-order valence-corrected chi connectivity index (χ0v) is 14.2. The molecule has 7 heteroatoms. The van der Waals surface area contributed by atoms with Crippen LogP contribution >= 0.6 is 0 Å². The van der Waals surface area contributed by atoms with Crippen molar-refractivity contribution in [2.45, 2.75) is 32.2 Å². The van der Waals surface area contributed by atoms with Crippen LogP contribution in [0.25, 0.3) is 0 Å². The Labute approximate surface area is 137 Å². The van der Waals surface area contributed by atoms with Crippen LogP contribution < -0.4 is 10.0 Å². The minimum absolute atomic E-state index is 0.00807. The highest BCUT2D eigenvalue weighted by Crippen LogP contribution is 2.28. The molecule has 0 aromatic heterocycles. The van der Waals surface area contributed by atoms with Gasteiger partial charge in [-0.25, -0.2) is 8.42 Å². The number of nitrogens with two attached hydrogens (primary N) is 1. The van der Waals surface area contributed by atoms with Crippen molar-refractivity contribution in [3.05, 3.63) is 29.3 Å². The number of likely N-dealkylation sites (tertiary alicyclic amines) is 1. The summed E-state index contributed by atoms with van der Waals surface area (Å²) in [6, 6.07) is 5.38. The summed E-state index contributed by atoms with van der Waals surface area (Å²) in [5, 5.41) is 0. The fraction of sp³-hybridized carbons (Fsp3) is 0.562. The molecule has 1 aromatic rings. The standard InChI is InChI=1S/C16H23N3O3S/c1-12-10-13(19-8-3-9-23(19,21)22)5-6-15(12)16(20)18-7-2-4-14(18)11-17/h5-6,10,14H,2-4,7-9,11,17H2,1H3. The molecule has 1 amide bonds. The zero-order valence-electron chi connectivity index (χ0n) is 13.4. The Kier molecular flexibility index (Phi) is 4.33. The van der Waals surface area contributed by atoms with Crippen LogP contribution in [0.3, 0.4) is 0 Å². The maximum absolute atomic E-state index is 12.7. The Morgan fingerprint density at radius 3 is 2.70 bits per heavy atom. The fourth-order valence-corrected chi connectivity index (χ4v) is 5.03. The van der Waals surface area contributed by atoms with E-state index < -0.39 is 10.0 Å². The molecule has 2 heterocycles. The number of rotatable bonds is 3. The van der Waals surface area contributed by atoms with Crippen LogP contribution in [0.5, 0.6) is 0 Å². The Balaban J connectivity index is 1.86. The minimum atomic E-state index is -3.20. The Bertz CT molecular complexity index is 717. The molecule has 6 nitrogen and oxygen atoms in total. The molecule has 23 heavy (non-hydrogen) atoms. The second-order valence-electron chi connectivity index (χ2n) is 6.27. The minimum Gasteiger partial charge on any atom is -0.334 e. The van der Waals surface area contributed by atoms with Crippen molar-refractivity contribution in [3.8, 4) is 0 Å². The molecule has 2 N–H and O–H groups in total. The maximum Gasteiger partial charge on any atom is 0.254 e. The third-order valence-corrected chi connectivity index (χ3v) is 6.61. The average Bonchev–Trinajstić information content (AvgIpc) is 3.12. The number of sulfonamides is 1. The Morgan fingerprint density at radius 2 is 2.09 bits per heavy atom. The van der Waals surface area contributed by atoms with Gasteiger partial charge in [0.2, 0.25) is 10.0 Å². The summed E-state index contributed by atoms with van der Waals surface area (Å²) in [4.78, 5) is 14.6. The maximum atomic E-state index is 12.7. The van der Waals surface area contributed by atoms with E-state index in [1.54, 1.807) is 18.2 Å². The Morgan fingerprint density at radius 1 is 1.30 bits per heavy atom. The van der Waals surface area contributed by atoms with Crippen LogP contribution in [0, 0.1) is 6.92 Å². The van der Waals surface area contributed by atoms with Crippen LogP contribution in [-0.2, 0) is 10.0 Å². The lowest BCUT2D eigenvalue weighted by Crippen LogP contribution is -2.40. The van der Waals surface area contributed by atoms with Gasteiger partial charge in [-0.2, -0.15) is 0 Å². The number of hydrogen-bond donors (Lipinski definition) is 1. The number of carbonyl (C=O) groups is 1. The van der Waals surface area contributed by atoms with E-state index in [-0.39, 0.29) is 17.7 Å². The summed E-state index contributed by atoms with van der Waals surface area (Å²) in [5.41, 5.74) is 7.83. The Hall–Kier alpha value is -1.60. The number of nitrogens with zero attached hydrogens (tertiary/aromatic N) is 2. The predicted octanol–water partition coefficient (Wildman–Crippen LogP) is 1.10. The van der Waals surface area contributed by atoms with Crippen molar-refractivity contribution < 1.29 is 13.2 Å². The summed E-state index contributed by atoms with van der Waals surface area (Å²) in [7, 11) is -3.20. The molecule has 1 aromatic carbocycles. The van der Waals surface area contributed by atoms with Gasteiger partial charge in [-0.3, -0.25) is 9.10 Å². The van der Waals surface area contributed by atoms with Crippen LogP contribution in [0.2, 0.25) is 0 Å². The largest absolute Gasteiger partial charge is 0.334 e. The first-order valence-corrected chi connectivity index (χ1v) is 9.67. The molecule has 0 radical (unpaired) electrons. The normalized spacial score (nSPS) is 23.5. The third kappa shape index (κ3) is 2.95. The van der Waals surface area contributed by atoms with Gasteiger partial charge in [-0.05, 0) is 49.9 Å². The number of carbonyl (C=O) groups excluding carboxylic acids is 1. The first-order chi connectivity index (χ1) is 10.9. The van der Waals surface area contributed by atoms with Gasteiger partial charge in [0, 0.05) is 31.2 Å². The smallest absolute Gasteiger partial charge is 0.254 e. The lowest BCUT2D eigenvalue weighted by molar-refractivity contribution is 0.0740. The zero-order chi connectivity index (χ0) is 16.6. The van der Waals surface area contributed by atoms with Crippen LogP contribution in [0.1, 0.15) is 35.2 Å². The average molecular weight is 337 g/mol. The molecule has 0 spiro atoms. The third-order valence-electron chi connectivity index (χ3n) is 4.74. The van der Waals surface area contributed by atoms with Gasteiger partial charge in [-0.15, -0.1) is 0 Å². The number of hydrogen-bond acceptors (Lipinski definition) is 4. The molecule has 0 saturated carbocycles. The van der Waals surface area contributed by atoms with E-state index in [0.717, 1.165) is 24.9 Å². The van der Waals surface area contributed by atoms with E-state index in [9.17, 15) is 13.2 Å². The highest BCUT2D eigenvalue weighted by Gasteiger charge is 2.31. The van der Waals surface area contributed by atoms with Crippen molar-refractivity contribution >= 4 is 21.6 Å². The van der Waals surface area contributed by atoms with Gasteiger partial charge in [-0.1, -0.05) is 0 Å². The lowest BCUT2D eigenvalue weighted by atomic mass is 10.1. The van der Waals surface area contributed by atoms with E-state index >= 15 is 0 Å². The molecule has 0 aliphatic carbocycles. The molecule has 0 bridgehead atoms. The topological polar surface area (TPSA) is 83.7 Å². The number of amides is 1. The number of anilines is 1. The van der Waals surface area contributed by atoms with Gasteiger partial charge in [0.15, 0.2) is 0 Å². The number of aryl methyl sites for hydroxylation is 1. The number of benzene rings is 1. The quantitative estimate of drug-likeness (QED) is 0.895. The molecule has 126 valence electrons. The monoisotopic (exact) mass is 337 g/mol. The highest BCUT2D eigenvalue weighted by atomic mass is 32.2. The molecule has 2 fully saturated rings. The van der Waals surface area contributed by atoms with E-state index in [2.05, 4.69) is 0 Å². The molecule has 3 rings (SSSR count). The van der Waals surface area contributed by atoms with Gasteiger partial charge >= 0.3 is 0 Å². The molecule has 2 aliphatic rings. The second-order valence-corrected chi connectivity index (χ2v) is 8.28. The molecule has 2 aliphatic heterocycles. The first kappa shape index (κ1) is 16.3. The first-order valence-electron chi connectivity index (χ1n) is 8.06. The van der Waals surface area contributed by atoms with Crippen LogP contribution in [0.15, 0.2) is 18.2 Å². The molecule has 2 saturated heterocycles. The highest BCUT2D eigenvalue weighted by molar-refractivity contribution is 7.93. The van der Waals surface area contributed by atoms with Gasteiger partial charge in [0.25, 0.3) is 5.91 Å². The second kappa shape index (κ2) is 6.13. The molecule has 1 atom stereocenters. The lowest BCUT2D eigenvalue weighted by Gasteiger charge is -2.25. The summed E-state index contributed by atoms with van der Waals surface area (Å²) in [6.07, 6.45) is 2.58. The molecular formula is C16H23N3O3S. The summed E-state index contributed by atoms with van der Waals surface area (Å²) >= 11 is 0. The van der Waals surface area contributed by atoms with Crippen molar-refractivity contribution in [3.63, 3.8) is 0 Å². The van der Waals surface area contributed by atoms with Crippen LogP contribution in [0.4, 0.5) is 5.69 Å². The van der Waals surface area contributed by atoms with E-state index in [1.807, 2.05) is 11.8 Å². The SMILES string of the molecule is Cc1cc(N2CCCS2(=O)=O)ccc1C(=O)N1CCCC1CN. The van der Waals surface area contributed by atoms with Gasteiger partial charge in [0.05, 0.1) is 11.4 Å².